The molecule has 0 atom stereocenters. The third kappa shape index (κ3) is 2.50. The van der Waals surface area contributed by atoms with E-state index in [1.165, 1.54) is 12.1 Å². The van der Waals surface area contributed by atoms with Crippen LogP contribution in [-0.4, -0.2) is 41.6 Å². The van der Waals surface area contributed by atoms with Gasteiger partial charge in [-0.1, -0.05) is 0 Å². The number of carboxylic acid groups (broad SMARTS) is 1. The number of pyridine rings is 1. The van der Waals surface area contributed by atoms with Crippen LogP contribution in [0.3, 0.4) is 0 Å². The molecule has 18 heavy (non-hydrogen) atoms. The number of nitrogens with zero attached hydrogens (tertiary/aromatic N) is 2. The highest BCUT2D eigenvalue weighted by Crippen LogP contribution is 2.21. The zero-order chi connectivity index (χ0) is 13.1. The Morgan fingerprint density at radius 3 is 3.00 bits per heavy atom. The van der Waals surface area contributed by atoms with Gasteiger partial charge in [-0.05, 0) is 18.6 Å². The van der Waals surface area contributed by atoms with E-state index in [0.717, 1.165) is 6.42 Å². The van der Waals surface area contributed by atoms with Crippen molar-refractivity contribution in [2.75, 3.05) is 30.3 Å². The monoisotopic (exact) mass is 250 g/mol. The predicted molar refractivity (Wildman–Crippen MR) is 65.4 cm³/mol. The van der Waals surface area contributed by atoms with E-state index in [2.05, 4.69) is 10.3 Å². The lowest BCUT2D eigenvalue weighted by molar-refractivity contribution is -0.119. The lowest BCUT2D eigenvalue weighted by Gasteiger charge is -2.21. The van der Waals surface area contributed by atoms with E-state index in [-0.39, 0.29) is 18.1 Å². The molecule has 0 saturated carbocycles. The second kappa shape index (κ2) is 4.91. The standard InChI is InChI=1S/C11H14N4O3/c12-7-2-3-8(11(17)18)14-10(7)15-5-1-4-13-9(16)6-15/h2-3H,1,4-6,12H2,(H,13,16)(H,17,18). The Morgan fingerprint density at radius 1 is 1.50 bits per heavy atom. The van der Waals surface area contributed by atoms with Crippen molar-refractivity contribution in [1.82, 2.24) is 10.3 Å². The van der Waals surface area contributed by atoms with Gasteiger partial charge in [-0.2, -0.15) is 0 Å². The summed E-state index contributed by atoms with van der Waals surface area (Å²) in [4.78, 5) is 28.0. The van der Waals surface area contributed by atoms with Crippen LogP contribution < -0.4 is 16.0 Å². The number of rotatable bonds is 2. The Bertz CT molecular complexity index is 489. The van der Waals surface area contributed by atoms with Crippen molar-refractivity contribution in [2.45, 2.75) is 6.42 Å². The number of carbonyl (C=O) groups is 2. The summed E-state index contributed by atoms with van der Waals surface area (Å²) in [6, 6.07) is 2.84. The highest BCUT2D eigenvalue weighted by atomic mass is 16.4. The summed E-state index contributed by atoms with van der Waals surface area (Å²) < 4.78 is 0. The molecule has 2 heterocycles. The van der Waals surface area contributed by atoms with Gasteiger partial charge in [0.05, 0.1) is 12.2 Å². The molecule has 1 aliphatic rings. The molecule has 1 aromatic heterocycles. The van der Waals surface area contributed by atoms with E-state index < -0.39 is 5.97 Å². The number of anilines is 2. The average molecular weight is 250 g/mol. The first-order valence-corrected chi connectivity index (χ1v) is 5.59. The van der Waals surface area contributed by atoms with E-state index in [9.17, 15) is 9.59 Å². The van der Waals surface area contributed by atoms with Gasteiger partial charge in [0.15, 0.2) is 11.5 Å². The molecular formula is C11H14N4O3. The average Bonchev–Trinajstić information content (AvgIpc) is 2.54. The molecule has 0 bridgehead atoms. The molecule has 0 aliphatic carbocycles. The molecular weight excluding hydrogens is 236 g/mol. The molecule has 0 aromatic carbocycles. The Labute approximate surface area is 104 Å². The smallest absolute Gasteiger partial charge is 0.354 e. The first-order valence-electron chi connectivity index (χ1n) is 5.59. The predicted octanol–water partition coefficient (Wildman–Crippen LogP) is -0.312. The van der Waals surface area contributed by atoms with E-state index in [1.807, 2.05) is 0 Å². The summed E-state index contributed by atoms with van der Waals surface area (Å²) in [6.07, 6.45) is 0.768. The van der Waals surface area contributed by atoms with Crippen LogP contribution in [0.2, 0.25) is 0 Å². The van der Waals surface area contributed by atoms with Gasteiger partial charge in [0, 0.05) is 13.1 Å². The number of hydrogen-bond acceptors (Lipinski definition) is 5. The Morgan fingerprint density at radius 2 is 2.28 bits per heavy atom. The summed E-state index contributed by atoms with van der Waals surface area (Å²) >= 11 is 0. The van der Waals surface area contributed by atoms with Crippen LogP contribution in [0.1, 0.15) is 16.9 Å². The maximum atomic E-state index is 11.5. The van der Waals surface area contributed by atoms with E-state index in [0.29, 0.717) is 24.6 Å². The number of carbonyl (C=O) groups excluding carboxylic acids is 1. The minimum Gasteiger partial charge on any atom is -0.477 e. The molecule has 1 aromatic rings. The van der Waals surface area contributed by atoms with Gasteiger partial charge in [0.2, 0.25) is 5.91 Å². The lowest BCUT2D eigenvalue weighted by Crippen LogP contribution is -2.34. The second-order valence-corrected chi connectivity index (χ2v) is 4.04. The van der Waals surface area contributed by atoms with Crippen molar-refractivity contribution >= 4 is 23.4 Å². The summed E-state index contributed by atoms with van der Waals surface area (Å²) in [7, 11) is 0. The van der Waals surface area contributed by atoms with Crippen molar-refractivity contribution in [3.63, 3.8) is 0 Å². The van der Waals surface area contributed by atoms with Crippen LogP contribution in [0.5, 0.6) is 0 Å². The maximum Gasteiger partial charge on any atom is 0.354 e. The van der Waals surface area contributed by atoms with Gasteiger partial charge < -0.3 is 21.1 Å². The number of carboxylic acids is 1. The first kappa shape index (κ1) is 12.2. The van der Waals surface area contributed by atoms with Crippen LogP contribution in [-0.2, 0) is 4.79 Å². The fourth-order valence-electron chi connectivity index (χ4n) is 1.82. The SMILES string of the molecule is Nc1ccc(C(=O)O)nc1N1CCCNC(=O)C1. The van der Waals surface area contributed by atoms with Crippen molar-refractivity contribution in [3.8, 4) is 0 Å². The van der Waals surface area contributed by atoms with E-state index in [4.69, 9.17) is 10.8 Å². The lowest BCUT2D eigenvalue weighted by atomic mass is 10.3. The molecule has 2 rings (SSSR count). The van der Waals surface area contributed by atoms with Gasteiger partial charge in [0.1, 0.15) is 0 Å². The van der Waals surface area contributed by atoms with Crippen LogP contribution in [0.25, 0.3) is 0 Å². The summed E-state index contributed by atoms with van der Waals surface area (Å²) in [5.41, 5.74) is 6.08. The van der Waals surface area contributed by atoms with Gasteiger partial charge in [-0.15, -0.1) is 0 Å². The number of aromatic carboxylic acids is 1. The first-order chi connectivity index (χ1) is 8.58. The summed E-state index contributed by atoms with van der Waals surface area (Å²) in [6.45, 7) is 1.35. The zero-order valence-corrected chi connectivity index (χ0v) is 9.72. The largest absolute Gasteiger partial charge is 0.477 e. The van der Waals surface area contributed by atoms with E-state index >= 15 is 0 Å². The Kier molecular flexibility index (Phi) is 3.31. The second-order valence-electron chi connectivity index (χ2n) is 4.04. The Hall–Kier alpha value is -2.31. The fourth-order valence-corrected chi connectivity index (χ4v) is 1.82. The quantitative estimate of drug-likeness (QED) is 0.664. The number of amides is 1. The topological polar surface area (TPSA) is 109 Å². The van der Waals surface area contributed by atoms with Crippen molar-refractivity contribution in [2.24, 2.45) is 0 Å². The molecule has 1 aliphatic heterocycles. The molecule has 0 radical (unpaired) electrons. The molecule has 0 spiro atoms. The number of hydrogen-bond donors (Lipinski definition) is 3. The molecule has 7 nitrogen and oxygen atoms in total. The normalized spacial score (nSPS) is 16.0. The van der Waals surface area contributed by atoms with Crippen LogP contribution in [0.4, 0.5) is 11.5 Å². The molecule has 1 fully saturated rings. The zero-order valence-electron chi connectivity index (χ0n) is 9.72. The number of aromatic nitrogens is 1. The molecule has 1 saturated heterocycles. The molecule has 0 unspecified atom stereocenters. The molecule has 4 N–H and O–H groups in total. The van der Waals surface area contributed by atoms with Crippen molar-refractivity contribution < 1.29 is 14.7 Å². The van der Waals surface area contributed by atoms with Crippen molar-refractivity contribution in [1.29, 1.82) is 0 Å². The minimum absolute atomic E-state index is 0.0798. The maximum absolute atomic E-state index is 11.5. The van der Waals surface area contributed by atoms with Gasteiger partial charge in [-0.25, -0.2) is 9.78 Å². The minimum atomic E-state index is -1.12. The number of nitrogens with one attached hydrogen (secondary N) is 1. The van der Waals surface area contributed by atoms with E-state index in [1.54, 1.807) is 4.90 Å². The number of nitrogens with two attached hydrogens (primary N) is 1. The highest BCUT2D eigenvalue weighted by Gasteiger charge is 2.19. The third-order valence-electron chi connectivity index (χ3n) is 2.69. The highest BCUT2D eigenvalue weighted by molar-refractivity contribution is 5.88. The number of nitrogen functional groups attached to an aromatic ring is 1. The third-order valence-corrected chi connectivity index (χ3v) is 2.69. The van der Waals surface area contributed by atoms with Gasteiger partial charge in [-0.3, -0.25) is 4.79 Å². The van der Waals surface area contributed by atoms with Crippen molar-refractivity contribution in [3.05, 3.63) is 17.8 Å². The van der Waals surface area contributed by atoms with Crippen LogP contribution in [0, 0.1) is 0 Å². The molecule has 96 valence electrons. The summed E-state index contributed by atoms with van der Waals surface area (Å²) in [5, 5.41) is 11.6. The van der Waals surface area contributed by atoms with Gasteiger partial charge in [0.25, 0.3) is 0 Å². The Balaban J connectivity index is 2.33. The molecule has 1 amide bonds. The van der Waals surface area contributed by atoms with Crippen LogP contribution >= 0.6 is 0 Å². The fraction of sp³-hybridized carbons (Fsp3) is 0.364. The summed E-state index contributed by atoms with van der Waals surface area (Å²) in [5.74, 6) is -0.878. The van der Waals surface area contributed by atoms with Crippen LogP contribution in [0.15, 0.2) is 12.1 Å². The molecule has 7 heteroatoms. The van der Waals surface area contributed by atoms with Gasteiger partial charge >= 0.3 is 5.97 Å².